The zero-order valence-electron chi connectivity index (χ0n) is 18.3. The Morgan fingerprint density at radius 1 is 1.03 bits per heavy atom. The van der Waals surface area contributed by atoms with Crippen LogP contribution in [0.25, 0.3) is 22.2 Å². The van der Waals surface area contributed by atoms with Crippen LogP contribution in [-0.4, -0.2) is 41.2 Å². The number of amides is 1. The zero-order valence-corrected chi connectivity index (χ0v) is 18.3. The Bertz CT molecular complexity index is 1220. The van der Waals surface area contributed by atoms with E-state index in [-0.39, 0.29) is 12.5 Å². The lowest BCUT2D eigenvalue weighted by atomic mass is 10.1. The molecule has 0 saturated carbocycles. The van der Waals surface area contributed by atoms with Crippen LogP contribution in [0, 0.1) is 0 Å². The van der Waals surface area contributed by atoms with Crippen molar-refractivity contribution in [1.29, 1.82) is 0 Å². The normalized spacial score (nSPS) is 11.8. The highest BCUT2D eigenvalue weighted by Crippen LogP contribution is 2.23. The second-order valence-corrected chi connectivity index (χ2v) is 7.46. The maximum atomic E-state index is 13.0. The van der Waals surface area contributed by atoms with Crippen LogP contribution in [0.4, 0.5) is 0 Å². The molecule has 164 valence electrons. The molecule has 0 aliphatic carbocycles. The topological polar surface area (TPSA) is 77.7 Å². The van der Waals surface area contributed by atoms with E-state index in [0.29, 0.717) is 29.6 Å². The quantitative estimate of drug-likeness (QED) is 0.402. The van der Waals surface area contributed by atoms with Crippen molar-refractivity contribution in [2.75, 3.05) is 14.2 Å². The number of benzene rings is 3. The first-order valence-electron chi connectivity index (χ1n) is 10.4. The second-order valence-electron chi connectivity index (χ2n) is 7.46. The largest absolute Gasteiger partial charge is 0.497 e. The fraction of sp³-hybridized carbons (Fsp3) is 0.240. The fourth-order valence-electron chi connectivity index (χ4n) is 3.44. The molecule has 1 amide bonds. The molecule has 7 nitrogen and oxygen atoms in total. The Balaban J connectivity index is 1.43. The van der Waals surface area contributed by atoms with Gasteiger partial charge in [-0.2, -0.15) is 4.98 Å². The van der Waals surface area contributed by atoms with Crippen molar-refractivity contribution in [1.82, 2.24) is 15.0 Å². The number of hydrogen-bond acceptors (Lipinski definition) is 6. The highest BCUT2D eigenvalue weighted by atomic mass is 16.5. The summed E-state index contributed by atoms with van der Waals surface area (Å²) in [4.78, 5) is 19.0. The molecular formula is C25H25N3O4. The van der Waals surface area contributed by atoms with E-state index >= 15 is 0 Å². The average Bonchev–Trinajstić information content (AvgIpc) is 3.30. The van der Waals surface area contributed by atoms with E-state index in [1.54, 1.807) is 14.2 Å². The first-order valence-corrected chi connectivity index (χ1v) is 10.4. The number of methoxy groups -OCH3 is 1. The minimum atomic E-state index is -0.609. The number of rotatable bonds is 8. The van der Waals surface area contributed by atoms with Gasteiger partial charge in [0, 0.05) is 12.6 Å². The molecule has 0 N–H and O–H groups in total. The molecule has 1 atom stereocenters. The summed E-state index contributed by atoms with van der Waals surface area (Å²) in [6.45, 7) is 2.11. The standard InChI is InChI=1S/C25H25N3O4/c1-4-22(31-21-13-12-17-8-5-6-9-18(17)14-21)25(29)28(2)16-23-26-24(27-32-23)19-10-7-11-20(15-19)30-3/h5-15,22H,4,16H2,1-3H3. The summed E-state index contributed by atoms with van der Waals surface area (Å²) < 4.78 is 16.6. The number of likely N-dealkylation sites (N-methyl/N-ethyl adjacent to an activating group) is 1. The van der Waals surface area contributed by atoms with Gasteiger partial charge in [0.15, 0.2) is 6.10 Å². The van der Waals surface area contributed by atoms with Crippen molar-refractivity contribution in [3.8, 4) is 22.9 Å². The summed E-state index contributed by atoms with van der Waals surface area (Å²) in [7, 11) is 3.30. The van der Waals surface area contributed by atoms with Crippen LogP contribution < -0.4 is 9.47 Å². The van der Waals surface area contributed by atoms with Crippen LogP contribution >= 0.6 is 0 Å². The number of carbonyl (C=O) groups is 1. The zero-order chi connectivity index (χ0) is 22.5. The van der Waals surface area contributed by atoms with Gasteiger partial charge in [0.25, 0.3) is 5.91 Å². The minimum absolute atomic E-state index is 0.151. The third kappa shape index (κ3) is 4.72. The van der Waals surface area contributed by atoms with Crippen molar-refractivity contribution in [2.24, 2.45) is 0 Å². The van der Waals surface area contributed by atoms with Gasteiger partial charge in [-0.3, -0.25) is 4.79 Å². The number of nitrogens with zero attached hydrogens (tertiary/aromatic N) is 3. The van der Waals surface area contributed by atoms with Gasteiger partial charge in [-0.15, -0.1) is 0 Å². The van der Waals surface area contributed by atoms with Crippen LogP contribution in [0.3, 0.4) is 0 Å². The van der Waals surface area contributed by atoms with Gasteiger partial charge in [0.1, 0.15) is 11.5 Å². The number of aromatic nitrogens is 2. The van der Waals surface area contributed by atoms with E-state index < -0.39 is 6.10 Å². The molecule has 1 heterocycles. The van der Waals surface area contributed by atoms with E-state index in [9.17, 15) is 4.79 Å². The Labute approximate surface area is 186 Å². The van der Waals surface area contributed by atoms with Gasteiger partial charge < -0.3 is 18.9 Å². The summed E-state index contributed by atoms with van der Waals surface area (Å²) in [5.41, 5.74) is 0.777. The third-order valence-corrected chi connectivity index (χ3v) is 5.19. The first kappa shape index (κ1) is 21.4. The Kier molecular flexibility index (Phi) is 6.35. The molecule has 4 rings (SSSR count). The van der Waals surface area contributed by atoms with Gasteiger partial charge in [0.2, 0.25) is 11.7 Å². The van der Waals surface area contributed by atoms with E-state index in [1.165, 1.54) is 4.90 Å². The van der Waals surface area contributed by atoms with Gasteiger partial charge in [-0.1, -0.05) is 54.5 Å². The highest BCUT2D eigenvalue weighted by Gasteiger charge is 2.24. The van der Waals surface area contributed by atoms with Crippen LogP contribution in [0.5, 0.6) is 11.5 Å². The maximum Gasteiger partial charge on any atom is 0.263 e. The minimum Gasteiger partial charge on any atom is -0.497 e. The maximum absolute atomic E-state index is 13.0. The number of hydrogen-bond donors (Lipinski definition) is 0. The van der Waals surface area contributed by atoms with Crippen LogP contribution in [-0.2, 0) is 11.3 Å². The van der Waals surface area contributed by atoms with Crippen molar-refractivity contribution < 1.29 is 18.8 Å². The van der Waals surface area contributed by atoms with Gasteiger partial charge >= 0.3 is 0 Å². The lowest BCUT2D eigenvalue weighted by molar-refractivity contribution is -0.138. The lowest BCUT2D eigenvalue weighted by Crippen LogP contribution is -2.39. The van der Waals surface area contributed by atoms with E-state index in [4.69, 9.17) is 14.0 Å². The SMILES string of the molecule is CCC(Oc1ccc2ccccc2c1)C(=O)N(C)Cc1nc(-c2cccc(OC)c2)no1. The smallest absolute Gasteiger partial charge is 0.263 e. The molecule has 7 heteroatoms. The molecule has 0 spiro atoms. The molecular weight excluding hydrogens is 406 g/mol. The van der Waals surface area contributed by atoms with E-state index in [1.807, 2.05) is 73.7 Å². The summed E-state index contributed by atoms with van der Waals surface area (Å²) >= 11 is 0. The van der Waals surface area contributed by atoms with Crippen LogP contribution in [0.2, 0.25) is 0 Å². The number of fused-ring (bicyclic) bond motifs is 1. The lowest BCUT2D eigenvalue weighted by Gasteiger charge is -2.22. The summed E-state index contributed by atoms with van der Waals surface area (Å²) in [5.74, 6) is 2.01. The molecule has 32 heavy (non-hydrogen) atoms. The Morgan fingerprint density at radius 2 is 1.84 bits per heavy atom. The van der Waals surface area contributed by atoms with Crippen LogP contribution in [0.15, 0.2) is 71.3 Å². The molecule has 0 aliphatic heterocycles. The fourth-order valence-corrected chi connectivity index (χ4v) is 3.44. The highest BCUT2D eigenvalue weighted by molar-refractivity contribution is 5.84. The van der Waals surface area contributed by atoms with Crippen molar-refractivity contribution in [3.05, 3.63) is 72.6 Å². The van der Waals surface area contributed by atoms with Crippen molar-refractivity contribution >= 4 is 16.7 Å². The number of carbonyl (C=O) groups excluding carboxylic acids is 1. The molecule has 1 aromatic heterocycles. The predicted molar refractivity (Wildman–Crippen MR) is 121 cm³/mol. The average molecular weight is 431 g/mol. The number of ether oxygens (including phenoxy) is 2. The van der Waals surface area contributed by atoms with Crippen LogP contribution in [0.1, 0.15) is 19.2 Å². The summed E-state index contributed by atoms with van der Waals surface area (Å²) in [6, 6.07) is 21.3. The molecule has 3 aromatic carbocycles. The van der Waals surface area contributed by atoms with Gasteiger partial charge in [-0.05, 0) is 41.5 Å². The van der Waals surface area contributed by atoms with E-state index in [2.05, 4.69) is 10.1 Å². The molecule has 0 saturated heterocycles. The van der Waals surface area contributed by atoms with Gasteiger partial charge in [0.05, 0.1) is 13.7 Å². The first-order chi connectivity index (χ1) is 15.6. The van der Waals surface area contributed by atoms with Crippen molar-refractivity contribution in [2.45, 2.75) is 26.0 Å². The molecule has 0 fully saturated rings. The molecule has 0 aliphatic rings. The summed E-state index contributed by atoms with van der Waals surface area (Å²) in [5, 5.41) is 6.22. The molecule has 0 bridgehead atoms. The molecule has 1 unspecified atom stereocenters. The van der Waals surface area contributed by atoms with E-state index in [0.717, 1.165) is 16.3 Å². The van der Waals surface area contributed by atoms with Gasteiger partial charge in [-0.25, -0.2) is 0 Å². The monoisotopic (exact) mass is 431 g/mol. The predicted octanol–water partition coefficient (Wildman–Crippen LogP) is 4.71. The third-order valence-electron chi connectivity index (χ3n) is 5.19. The summed E-state index contributed by atoms with van der Waals surface area (Å²) in [6.07, 6.45) is -0.0727. The Morgan fingerprint density at radius 3 is 2.62 bits per heavy atom. The van der Waals surface area contributed by atoms with Crippen molar-refractivity contribution in [3.63, 3.8) is 0 Å². The second kappa shape index (κ2) is 9.51. The Hall–Kier alpha value is -3.87. The molecule has 0 radical (unpaired) electrons. The molecule has 4 aromatic rings.